The van der Waals surface area contributed by atoms with Crippen LogP contribution in [0.5, 0.6) is 0 Å². The number of anilines is 1. The Labute approximate surface area is 177 Å². The van der Waals surface area contributed by atoms with Gasteiger partial charge in [0.05, 0.1) is 0 Å². The van der Waals surface area contributed by atoms with E-state index in [9.17, 15) is 4.79 Å². The van der Waals surface area contributed by atoms with Crippen molar-refractivity contribution in [2.24, 2.45) is 0 Å². The van der Waals surface area contributed by atoms with Gasteiger partial charge >= 0.3 is 0 Å². The summed E-state index contributed by atoms with van der Waals surface area (Å²) in [6, 6.07) is 36.9. The monoisotopic (exact) mass is 389 g/mol. The molecule has 0 spiro atoms. The Morgan fingerprint density at radius 3 is 1.77 bits per heavy atom. The van der Waals surface area contributed by atoms with Crippen molar-refractivity contribution in [3.63, 3.8) is 0 Å². The zero-order valence-corrected chi connectivity index (χ0v) is 16.7. The summed E-state index contributed by atoms with van der Waals surface area (Å²) in [4.78, 5) is 12.6. The number of hydrogen-bond donors (Lipinski definition) is 1. The van der Waals surface area contributed by atoms with Crippen LogP contribution < -0.4 is 5.32 Å². The van der Waals surface area contributed by atoms with E-state index in [-0.39, 0.29) is 5.91 Å². The van der Waals surface area contributed by atoms with Crippen molar-refractivity contribution in [2.45, 2.75) is 18.3 Å². The van der Waals surface area contributed by atoms with Gasteiger partial charge in [-0.05, 0) is 64.8 Å². The van der Waals surface area contributed by atoms with E-state index in [4.69, 9.17) is 0 Å². The van der Waals surface area contributed by atoms with Crippen molar-refractivity contribution in [1.82, 2.24) is 0 Å². The first-order valence-electron chi connectivity index (χ1n) is 10.4. The molecule has 0 saturated heterocycles. The van der Waals surface area contributed by atoms with Gasteiger partial charge in [0, 0.05) is 11.3 Å². The second kappa shape index (κ2) is 8.00. The van der Waals surface area contributed by atoms with Crippen LogP contribution in [0.2, 0.25) is 0 Å². The second-order valence-corrected chi connectivity index (χ2v) is 7.88. The molecule has 1 aliphatic rings. The topological polar surface area (TPSA) is 29.1 Å². The average molecular weight is 389 g/mol. The van der Waals surface area contributed by atoms with E-state index < -0.39 is 0 Å². The van der Waals surface area contributed by atoms with Crippen LogP contribution in [0.15, 0.2) is 109 Å². The first-order chi connectivity index (χ1) is 14.8. The Kier molecular flexibility index (Phi) is 4.90. The lowest BCUT2D eigenvalue weighted by Crippen LogP contribution is -2.11. The van der Waals surface area contributed by atoms with E-state index in [1.165, 1.54) is 17.5 Å². The minimum atomic E-state index is -0.0871. The number of amides is 1. The molecule has 30 heavy (non-hydrogen) atoms. The van der Waals surface area contributed by atoms with Crippen LogP contribution >= 0.6 is 0 Å². The highest BCUT2D eigenvalue weighted by Gasteiger charge is 2.39. The van der Waals surface area contributed by atoms with Gasteiger partial charge in [-0.1, -0.05) is 84.9 Å². The molecule has 5 rings (SSSR count). The van der Waals surface area contributed by atoms with Gasteiger partial charge in [0.1, 0.15) is 0 Å². The molecule has 1 aliphatic carbocycles. The number of nitrogens with one attached hydrogen (secondary N) is 1. The molecule has 1 N–H and O–H groups in total. The quantitative estimate of drug-likeness (QED) is 0.396. The predicted molar refractivity (Wildman–Crippen MR) is 123 cm³/mol. The average Bonchev–Trinajstić information content (AvgIpc) is 3.62. The lowest BCUT2D eigenvalue weighted by Gasteiger charge is -2.08. The smallest absolute Gasteiger partial charge is 0.255 e. The molecule has 1 amide bonds. The number of hydrogen-bond acceptors (Lipinski definition) is 1. The molecule has 4 aromatic carbocycles. The summed E-state index contributed by atoms with van der Waals surface area (Å²) in [5.41, 5.74) is 6.49. The Morgan fingerprint density at radius 1 is 0.600 bits per heavy atom. The molecule has 0 heterocycles. The van der Waals surface area contributed by atoms with Crippen molar-refractivity contribution in [3.05, 3.63) is 126 Å². The molecule has 0 radical (unpaired) electrons. The molecule has 4 aromatic rings. The first kappa shape index (κ1) is 18.4. The van der Waals surface area contributed by atoms with Crippen LogP contribution in [0.1, 0.15) is 39.7 Å². The summed E-state index contributed by atoms with van der Waals surface area (Å²) < 4.78 is 0. The summed E-state index contributed by atoms with van der Waals surface area (Å²) in [5.74, 6) is 1.12. The SMILES string of the molecule is O=C(Nc1ccc(C2CC2c2ccccc2)cc1)c1ccc(-c2ccccc2)cc1. The first-order valence-corrected chi connectivity index (χ1v) is 10.4. The highest BCUT2D eigenvalue weighted by atomic mass is 16.1. The van der Waals surface area contributed by atoms with Gasteiger partial charge in [-0.15, -0.1) is 0 Å². The fourth-order valence-electron chi connectivity index (χ4n) is 4.09. The fraction of sp³-hybridized carbons (Fsp3) is 0.107. The molecule has 2 nitrogen and oxygen atoms in total. The molecule has 0 aliphatic heterocycles. The summed E-state index contributed by atoms with van der Waals surface area (Å²) in [6.45, 7) is 0. The highest BCUT2D eigenvalue weighted by molar-refractivity contribution is 6.04. The Hall–Kier alpha value is -3.65. The molecule has 0 aromatic heterocycles. The van der Waals surface area contributed by atoms with Crippen LogP contribution in [0.25, 0.3) is 11.1 Å². The van der Waals surface area contributed by atoms with Crippen LogP contribution in [0, 0.1) is 0 Å². The Balaban J connectivity index is 1.23. The van der Waals surface area contributed by atoms with Gasteiger partial charge in [-0.25, -0.2) is 0 Å². The van der Waals surface area contributed by atoms with E-state index in [1.54, 1.807) is 0 Å². The summed E-state index contributed by atoms with van der Waals surface area (Å²) in [5, 5.41) is 3.01. The molecule has 2 unspecified atom stereocenters. The maximum atomic E-state index is 12.6. The lowest BCUT2D eigenvalue weighted by molar-refractivity contribution is 0.102. The minimum Gasteiger partial charge on any atom is -0.322 e. The Bertz CT molecular complexity index is 1130. The van der Waals surface area contributed by atoms with Crippen LogP contribution in [-0.2, 0) is 0 Å². The largest absolute Gasteiger partial charge is 0.322 e. The standard InChI is InChI=1S/C28H23NO/c30-28(24-13-11-21(12-14-24)20-7-3-1-4-8-20)29-25-17-15-23(16-18-25)27-19-26(27)22-9-5-2-6-10-22/h1-18,26-27H,19H2,(H,29,30). The number of rotatable bonds is 5. The fourth-order valence-corrected chi connectivity index (χ4v) is 4.09. The minimum absolute atomic E-state index is 0.0871. The van der Waals surface area contributed by atoms with E-state index in [0.29, 0.717) is 17.4 Å². The molecular formula is C28H23NO. The maximum Gasteiger partial charge on any atom is 0.255 e. The van der Waals surface area contributed by atoms with Gasteiger partial charge in [-0.2, -0.15) is 0 Å². The normalized spacial score (nSPS) is 17.3. The maximum absolute atomic E-state index is 12.6. The molecule has 1 fully saturated rings. The van der Waals surface area contributed by atoms with E-state index in [1.807, 2.05) is 54.6 Å². The lowest BCUT2D eigenvalue weighted by atomic mass is 10.0. The van der Waals surface area contributed by atoms with E-state index in [2.05, 4.69) is 59.9 Å². The third kappa shape index (κ3) is 3.90. The number of carbonyl (C=O) groups excluding carboxylic acids is 1. The number of carbonyl (C=O) groups is 1. The molecule has 1 saturated carbocycles. The molecule has 2 atom stereocenters. The second-order valence-electron chi connectivity index (χ2n) is 7.88. The van der Waals surface area contributed by atoms with Crippen molar-refractivity contribution in [1.29, 1.82) is 0 Å². The zero-order chi connectivity index (χ0) is 20.3. The predicted octanol–water partition coefficient (Wildman–Crippen LogP) is 6.88. The highest BCUT2D eigenvalue weighted by Crippen LogP contribution is 2.54. The van der Waals surface area contributed by atoms with Crippen LogP contribution in [0.4, 0.5) is 5.69 Å². The van der Waals surface area contributed by atoms with Crippen molar-refractivity contribution < 1.29 is 4.79 Å². The Morgan fingerprint density at radius 2 is 1.13 bits per heavy atom. The van der Waals surface area contributed by atoms with E-state index >= 15 is 0 Å². The molecule has 2 heteroatoms. The van der Waals surface area contributed by atoms with Crippen LogP contribution in [0.3, 0.4) is 0 Å². The van der Waals surface area contributed by atoms with Gasteiger partial charge in [0.15, 0.2) is 0 Å². The summed E-state index contributed by atoms with van der Waals surface area (Å²) in [7, 11) is 0. The third-order valence-corrected chi connectivity index (χ3v) is 5.87. The van der Waals surface area contributed by atoms with Gasteiger partial charge in [-0.3, -0.25) is 4.79 Å². The molecule has 0 bridgehead atoms. The van der Waals surface area contributed by atoms with Crippen LogP contribution in [-0.4, -0.2) is 5.91 Å². The van der Waals surface area contributed by atoms with Gasteiger partial charge in [0.25, 0.3) is 5.91 Å². The molecular weight excluding hydrogens is 366 g/mol. The van der Waals surface area contributed by atoms with Crippen molar-refractivity contribution in [3.8, 4) is 11.1 Å². The van der Waals surface area contributed by atoms with Crippen molar-refractivity contribution in [2.75, 3.05) is 5.32 Å². The zero-order valence-electron chi connectivity index (χ0n) is 16.7. The van der Waals surface area contributed by atoms with Gasteiger partial charge in [0.2, 0.25) is 0 Å². The number of benzene rings is 4. The third-order valence-electron chi connectivity index (χ3n) is 5.87. The van der Waals surface area contributed by atoms with Gasteiger partial charge < -0.3 is 5.32 Å². The molecule has 146 valence electrons. The van der Waals surface area contributed by atoms with Crippen molar-refractivity contribution >= 4 is 11.6 Å². The summed E-state index contributed by atoms with van der Waals surface area (Å²) in [6.07, 6.45) is 1.20. The summed E-state index contributed by atoms with van der Waals surface area (Å²) >= 11 is 0. The van der Waals surface area contributed by atoms with E-state index in [0.717, 1.165) is 16.8 Å².